The first kappa shape index (κ1) is 16.6. The maximum atomic E-state index is 3.71. The summed E-state index contributed by atoms with van der Waals surface area (Å²) in [4.78, 5) is 2.63. The van der Waals surface area contributed by atoms with E-state index in [1.165, 1.54) is 57.2 Å². The zero-order valence-electron chi connectivity index (χ0n) is 14.0. The van der Waals surface area contributed by atoms with Crippen LogP contribution in [0.5, 0.6) is 0 Å². The second-order valence-corrected chi connectivity index (χ2v) is 8.47. The van der Waals surface area contributed by atoms with Gasteiger partial charge in [-0.3, -0.25) is 0 Å². The highest BCUT2D eigenvalue weighted by molar-refractivity contribution is 7.98. The van der Waals surface area contributed by atoms with Crippen LogP contribution in [0.1, 0.15) is 58.8 Å². The van der Waals surface area contributed by atoms with Gasteiger partial charge in [0, 0.05) is 18.1 Å². The van der Waals surface area contributed by atoms with Crippen LogP contribution >= 0.6 is 11.8 Å². The van der Waals surface area contributed by atoms with Gasteiger partial charge >= 0.3 is 0 Å². The van der Waals surface area contributed by atoms with Gasteiger partial charge in [-0.25, -0.2) is 0 Å². The normalized spacial score (nSPS) is 33.9. The summed E-state index contributed by atoms with van der Waals surface area (Å²) in [5, 5.41) is 3.71. The van der Waals surface area contributed by atoms with Gasteiger partial charge < -0.3 is 10.2 Å². The monoisotopic (exact) mass is 298 g/mol. The van der Waals surface area contributed by atoms with Crippen molar-refractivity contribution in [1.82, 2.24) is 10.2 Å². The Morgan fingerprint density at radius 1 is 1.25 bits per heavy atom. The summed E-state index contributed by atoms with van der Waals surface area (Å²) in [6.45, 7) is 5.83. The summed E-state index contributed by atoms with van der Waals surface area (Å²) in [5.74, 6) is 1.31. The van der Waals surface area contributed by atoms with Gasteiger partial charge in [-0.1, -0.05) is 13.8 Å². The molecule has 0 atom stereocenters. The van der Waals surface area contributed by atoms with Crippen molar-refractivity contribution >= 4 is 11.8 Å². The van der Waals surface area contributed by atoms with Gasteiger partial charge in [0.2, 0.25) is 0 Å². The third-order valence-electron chi connectivity index (χ3n) is 5.43. The van der Waals surface area contributed by atoms with E-state index in [4.69, 9.17) is 0 Å². The highest BCUT2D eigenvalue weighted by atomic mass is 32.2. The second-order valence-electron chi connectivity index (χ2n) is 7.48. The molecule has 0 saturated heterocycles. The van der Waals surface area contributed by atoms with Gasteiger partial charge in [0.1, 0.15) is 0 Å². The van der Waals surface area contributed by atoms with Crippen molar-refractivity contribution in [3.8, 4) is 0 Å². The van der Waals surface area contributed by atoms with Crippen LogP contribution in [0.15, 0.2) is 0 Å². The lowest BCUT2D eigenvalue weighted by atomic mass is 9.57. The molecule has 0 heterocycles. The molecule has 0 amide bonds. The van der Waals surface area contributed by atoms with Gasteiger partial charge in [-0.05, 0) is 76.0 Å². The number of rotatable bonds is 7. The fraction of sp³-hybridized carbons (Fsp3) is 1.00. The molecular formula is C17H34N2S. The molecule has 2 fully saturated rings. The molecule has 1 N–H and O–H groups in total. The van der Waals surface area contributed by atoms with E-state index in [1.807, 2.05) is 11.8 Å². The molecule has 0 aromatic rings. The Kier molecular flexibility index (Phi) is 6.25. The van der Waals surface area contributed by atoms with Gasteiger partial charge in [0.05, 0.1) is 0 Å². The van der Waals surface area contributed by atoms with Crippen molar-refractivity contribution in [2.75, 3.05) is 25.6 Å². The minimum Gasteiger partial charge on any atom is -0.312 e. The van der Waals surface area contributed by atoms with Crippen LogP contribution in [0.25, 0.3) is 0 Å². The number of thioether (sulfide) groups is 1. The van der Waals surface area contributed by atoms with Crippen LogP contribution in [0.2, 0.25) is 0 Å². The van der Waals surface area contributed by atoms with Crippen molar-refractivity contribution < 1.29 is 0 Å². The molecule has 20 heavy (non-hydrogen) atoms. The Morgan fingerprint density at radius 2 is 1.90 bits per heavy atom. The Bertz CT molecular complexity index is 277. The molecule has 0 bridgehead atoms. The van der Waals surface area contributed by atoms with Crippen LogP contribution < -0.4 is 5.32 Å². The predicted molar refractivity (Wildman–Crippen MR) is 91.6 cm³/mol. The fourth-order valence-corrected chi connectivity index (χ4v) is 4.70. The molecule has 0 radical (unpaired) electrons. The largest absolute Gasteiger partial charge is 0.312 e. The Morgan fingerprint density at radius 3 is 2.45 bits per heavy atom. The molecule has 1 spiro atoms. The zero-order valence-corrected chi connectivity index (χ0v) is 14.8. The molecule has 0 aromatic carbocycles. The van der Waals surface area contributed by atoms with Crippen molar-refractivity contribution in [1.29, 1.82) is 0 Å². The summed E-state index contributed by atoms with van der Waals surface area (Å²) >= 11 is 1.97. The molecule has 2 nitrogen and oxygen atoms in total. The molecule has 2 rings (SSSR count). The lowest BCUT2D eigenvalue weighted by Crippen LogP contribution is -2.53. The third-order valence-corrected chi connectivity index (χ3v) is 6.12. The van der Waals surface area contributed by atoms with Crippen molar-refractivity contribution in [2.45, 2.75) is 76.9 Å². The first-order chi connectivity index (χ1) is 9.54. The topological polar surface area (TPSA) is 15.3 Å². The van der Waals surface area contributed by atoms with Crippen LogP contribution in [0, 0.1) is 5.41 Å². The smallest absolute Gasteiger partial charge is 0.00926 e. The number of hydrogen-bond donors (Lipinski definition) is 1. The molecule has 0 aliphatic heterocycles. The van der Waals surface area contributed by atoms with Crippen molar-refractivity contribution in [3.63, 3.8) is 0 Å². The van der Waals surface area contributed by atoms with Gasteiger partial charge in [-0.15, -0.1) is 0 Å². The predicted octanol–water partition coefficient (Wildman–Crippen LogP) is 3.76. The summed E-state index contributed by atoms with van der Waals surface area (Å²) < 4.78 is 0. The van der Waals surface area contributed by atoms with Gasteiger partial charge in [0.25, 0.3) is 0 Å². The number of hydrogen-bond acceptors (Lipinski definition) is 3. The van der Waals surface area contributed by atoms with Crippen LogP contribution in [-0.4, -0.2) is 48.6 Å². The van der Waals surface area contributed by atoms with Crippen LogP contribution in [0.4, 0.5) is 0 Å². The first-order valence-corrected chi connectivity index (χ1v) is 9.89. The maximum Gasteiger partial charge on any atom is 0.00926 e. The summed E-state index contributed by atoms with van der Waals surface area (Å²) in [7, 11) is 2.34. The maximum absolute atomic E-state index is 3.71. The lowest BCUT2D eigenvalue weighted by molar-refractivity contribution is 0.00818. The van der Waals surface area contributed by atoms with E-state index in [1.54, 1.807) is 0 Å². The molecule has 2 aliphatic rings. The summed E-state index contributed by atoms with van der Waals surface area (Å²) in [6.07, 6.45) is 12.3. The first-order valence-electron chi connectivity index (χ1n) is 8.50. The summed E-state index contributed by atoms with van der Waals surface area (Å²) in [5.41, 5.74) is 0.725. The minimum atomic E-state index is 0.649. The van der Waals surface area contributed by atoms with Crippen LogP contribution in [-0.2, 0) is 0 Å². The average molecular weight is 299 g/mol. The van der Waals surface area contributed by atoms with E-state index in [0.29, 0.717) is 6.04 Å². The van der Waals surface area contributed by atoms with E-state index in [2.05, 4.69) is 37.4 Å². The third kappa shape index (κ3) is 4.38. The molecule has 3 heteroatoms. The van der Waals surface area contributed by atoms with E-state index in [0.717, 1.165) is 17.5 Å². The fourth-order valence-electron chi connectivity index (χ4n) is 4.28. The SMILES string of the molecule is CSCCCN(C)C1CCC2(CC1)CC(NC(C)C)C2. The Labute approximate surface area is 130 Å². The molecular weight excluding hydrogens is 264 g/mol. The second kappa shape index (κ2) is 7.51. The van der Waals surface area contributed by atoms with E-state index in [-0.39, 0.29) is 0 Å². The lowest BCUT2D eigenvalue weighted by Gasteiger charge is -2.53. The van der Waals surface area contributed by atoms with E-state index in [9.17, 15) is 0 Å². The highest BCUT2D eigenvalue weighted by Gasteiger charge is 2.46. The average Bonchev–Trinajstić information content (AvgIpc) is 2.37. The Hall–Kier alpha value is 0.270. The highest BCUT2D eigenvalue weighted by Crippen LogP contribution is 2.52. The van der Waals surface area contributed by atoms with Gasteiger partial charge in [0.15, 0.2) is 0 Å². The Balaban J connectivity index is 1.66. The van der Waals surface area contributed by atoms with Crippen molar-refractivity contribution in [2.24, 2.45) is 5.41 Å². The molecule has 2 saturated carbocycles. The van der Waals surface area contributed by atoms with Crippen molar-refractivity contribution in [3.05, 3.63) is 0 Å². The van der Waals surface area contributed by atoms with E-state index >= 15 is 0 Å². The quantitative estimate of drug-likeness (QED) is 0.721. The standard InChI is InChI=1S/C17H34N2S/c1-14(2)18-15-12-17(13-15)8-6-16(7-9-17)19(3)10-5-11-20-4/h14-16,18H,5-13H2,1-4H3. The minimum absolute atomic E-state index is 0.649. The summed E-state index contributed by atoms with van der Waals surface area (Å²) in [6, 6.07) is 2.32. The van der Waals surface area contributed by atoms with Crippen LogP contribution in [0.3, 0.4) is 0 Å². The van der Waals surface area contributed by atoms with E-state index < -0.39 is 0 Å². The molecule has 0 unspecified atom stereocenters. The molecule has 0 aromatic heterocycles. The number of nitrogens with one attached hydrogen (secondary N) is 1. The molecule has 2 aliphatic carbocycles. The zero-order chi connectivity index (χ0) is 14.6. The molecule has 118 valence electrons. The number of nitrogens with zero attached hydrogens (tertiary/aromatic N) is 1. The van der Waals surface area contributed by atoms with Gasteiger partial charge in [-0.2, -0.15) is 11.8 Å².